The maximum atomic E-state index is 11.7. The van der Waals surface area contributed by atoms with E-state index in [2.05, 4.69) is 10.6 Å². The molecule has 1 aromatic carbocycles. The second-order valence-electron chi connectivity index (χ2n) is 4.59. The van der Waals surface area contributed by atoms with Gasteiger partial charge in [0, 0.05) is 5.56 Å². The number of aliphatic carboxylic acids is 1. The van der Waals surface area contributed by atoms with Crippen LogP contribution >= 0.6 is 0 Å². The molecule has 0 bridgehead atoms. The van der Waals surface area contributed by atoms with Crippen molar-refractivity contribution in [2.75, 3.05) is 6.54 Å². The summed E-state index contributed by atoms with van der Waals surface area (Å²) in [6.07, 6.45) is 0.251. The molecule has 0 aliphatic carbocycles. The molecule has 0 heterocycles. The second kappa shape index (κ2) is 6.70. The van der Waals surface area contributed by atoms with Crippen molar-refractivity contribution in [1.82, 2.24) is 10.6 Å². The minimum Gasteiger partial charge on any atom is -0.480 e. The zero-order chi connectivity index (χ0) is 15.2. The van der Waals surface area contributed by atoms with Crippen LogP contribution in [0.1, 0.15) is 30.6 Å². The van der Waals surface area contributed by atoms with Crippen LogP contribution in [0.5, 0.6) is 0 Å². The fraction of sp³-hybridized carbons (Fsp3) is 0.357. The van der Waals surface area contributed by atoms with Crippen LogP contribution in [0.2, 0.25) is 0 Å². The second-order valence-corrected chi connectivity index (χ2v) is 4.59. The van der Waals surface area contributed by atoms with Gasteiger partial charge < -0.3 is 15.7 Å². The number of carboxylic acids is 1. The number of carboxylic acid groups (broad SMARTS) is 1. The number of hydrogen-bond donors (Lipinski definition) is 3. The number of rotatable bonds is 6. The first-order valence-corrected chi connectivity index (χ1v) is 6.26. The molecule has 0 saturated heterocycles. The van der Waals surface area contributed by atoms with Gasteiger partial charge in [0.15, 0.2) is 0 Å². The third-order valence-electron chi connectivity index (χ3n) is 3.04. The Bertz CT molecular complexity index is 501. The third kappa shape index (κ3) is 4.08. The SMILES string of the molecule is CCC(C)(NC(=O)CNC(=O)c1ccccc1)C(=O)O. The van der Waals surface area contributed by atoms with Crippen LogP contribution in [0.25, 0.3) is 0 Å². The Morgan fingerprint density at radius 1 is 1.20 bits per heavy atom. The molecule has 20 heavy (non-hydrogen) atoms. The van der Waals surface area contributed by atoms with E-state index in [0.29, 0.717) is 5.56 Å². The van der Waals surface area contributed by atoms with Crippen LogP contribution in [-0.2, 0) is 9.59 Å². The molecule has 6 nitrogen and oxygen atoms in total. The minimum absolute atomic E-state index is 0.251. The van der Waals surface area contributed by atoms with Crippen molar-refractivity contribution in [3.05, 3.63) is 35.9 Å². The highest BCUT2D eigenvalue weighted by Gasteiger charge is 2.32. The molecule has 0 aromatic heterocycles. The summed E-state index contributed by atoms with van der Waals surface area (Å²) in [5, 5.41) is 13.9. The van der Waals surface area contributed by atoms with Crippen LogP contribution in [0.15, 0.2) is 30.3 Å². The van der Waals surface area contributed by atoms with Crippen LogP contribution < -0.4 is 10.6 Å². The van der Waals surface area contributed by atoms with E-state index in [1.165, 1.54) is 6.92 Å². The Labute approximate surface area is 117 Å². The Morgan fingerprint density at radius 2 is 1.80 bits per heavy atom. The van der Waals surface area contributed by atoms with Gasteiger partial charge in [0.05, 0.1) is 6.54 Å². The van der Waals surface area contributed by atoms with Gasteiger partial charge in [-0.25, -0.2) is 4.79 Å². The molecule has 3 N–H and O–H groups in total. The van der Waals surface area contributed by atoms with Gasteiger partial charge in [-0.3, -0.25) is 9.59 Å². The number of hydrogen-bond acceptors (Lipinski definition) is 3. The van der Waals surface area contributed by atoms with Gasteiger partial charge in [0.25, 0.3) is 5.91 Å². The lowest BCUT2D eigenvalue weighted by molar-refractivity contribution is -0.146. The maximum absolute atomic E-state index is 11.7. The van der Waals surface area contributed by atoms with E-state index in [9.17, 15) is 14.4 Å². The summed E-state index contributed by atoms with van der Waals surface area (Å²) in [6.45, 7) is 2.82. The maximum Gasteiger partial charge on any atom is 0.329 e. The largest absolute Gasteiger partial charge is 0.480 e. The molecule has 1 atom stereocenters. The normalized spacial score (nSPS) is 13.1. The standard InChI is InChI=1S/C14H18N2O4/c1-3-14(2,13(19)20)16-11(17)9-15-12(18)10-7-5-4-6-8-10/h4-8H,3,9H2,1-2H3,(H,15,18)(H,16,17)(H,19,20). The predicted octanol–water partition coefficient (Wildman–Crippen LogP) is 0.786. The Balaban J connectivity index is 2.52. The van der Waals surface area contributed by atoms with Gasteiger partial charge in [-0.15, -0.1) is 0 Å². The molecular formula is C14H18N2O4. The van der Waals surface area contributed by atoms with E-state index < -0.39 is 17.4 Å². The first kappa shape index (κ1) is 15.7. The van der Waals surface area contributed by atoms with E-state index in [4.69, 9.17) is 5.11 Å². The molecule has 1 unspecified atom stereocenters. The molecule has 0 aliphatic rings. The minimum atomic E-state index is -1.32. The van der Waals surface area contributed by atoms with E-state index >= 15 is 0 Å². The van der Waals surface area contributed by atoms with E-state index in [1.54, 1.807) is 37.3 Å². The average molecular weight is 278 g/mol. The van der Waals surface area contributed by atoms with Crippen molar-refractivity contribution in [2.45, 2.75) is 25.8 Å². The third-order valence-corrected chi connectivity index (χ3v) is 3.04. The van der Waals surface area contributed by atoms with E-state index in [0.717, 1.165) is 0 Å². The highest BCUT2D eigenvalue weighted by molar-refractivity contribution is 5.97. The van der Waals surface area contributed by atoms with Crippen molar-refractivity contribution in [3.63, 3.8) is 0 Å². The molecule has 0 spiro atoms. The van der Waals surface area contributed by atoms with Crippen molar-refractivity contribution >= 4 is 17.8 Å². The van der Waals surface area contributed by atoms with Crippen LogP contribution in [0.3, 0.4) is 0 Å². The fourth-order valence-electron chi connectivity index (χ4n) is 1.50. The zero-order valence-electron chi connectivity index (χ0n) is 11.5. The molecule has 0 fully saturated rings. The number of carbonyl (C=O) groups is 3. The Morgan fingerprint density at radius 3 is 2.30 bits per heavy atom. The van der Waals surface area contributed by atoms with Crippen LogP contribution in [-0.4, -0.2) is 35.0 Å². The van der Waals surface area contributed by atoms with Crippen molar-refractivity contribution in [2.24, 2.45) is 0 Å². The lowest BCUT2D eigenvalue weighted by Gasteiger charge is -2.24. The summed E-state index contributed by atoms with van der Waals surface area (Å²) in [4.78, 5) is 34.4. The lowest BCUT2D eigenvalue weighted by atomic mass is 9.99. The van der Waals surface area contributed by atoms with Gasteiger partial charge in [-0.2, -0.15) is 0 Å². The van der Waals surface area contributed by atoms with Gasteiger partial charge in [-0.05, 0) is 25.5 Å². The summed E-state index contributed by atoms with van der Waals surface area (Å²) in [5.74, 6) is -2.03. The summed E-state index contributed by atoms with van der Waals surface area (Å²) < 4.78 is 0. The van der Waals surface area contributed by atoms with Gasteiger partial charge >= 0.3 is 5.97 Å². The summed E-state index contributed by atoms with van der Waals surface area (Å²) in [6, 6.07) is 8.46. The molecule has 0 aliphatic heterocycles. The van der Waals surface area contributed by atoms with Crippen LogP contribution in [0.4, 0.5) is 0 Å². The monoisotopic (exact) mass is 278 g/mol. The van der Waals surface area contributed by atoms with Gasteiger partial charge in [0.2, 0.25) is 5.91 Å². The molecule has 0 saturated carbocycles. The molecular weight excluding hydrogens is 260 g/mol. The summed E-state index contributed by atoms with van der Waals surface area (Å²) in [7, 11) is 0. The number of amides is 2. The predicted molar refractivity (Wildman–Crippen MR) is 73.2 cm³/mol. The van der Waals surface area contributed by atoms with Crippen molar-refractivity contribution < 1.29 is 19.5 Å². The number of nitrogens with one attached hydrogen (secondary N) is 2. The highest BCUT2D eigenvalue weighted by atomic mass is 16.4. The first-order valence-electron chi connectivity index (χ1n) is 6.26. The molecule has 2 amide bonds. The molecule has 6 heteroatoms. The van der Waals surface area contributed by atoms with Crippen molar-refractivity contribution in [3.8, 4) is 0 Å². The number of carbonyl (C=O) groups excluding carboxylic acids is 2. The lowest BCUT2D eigenvalue weighted by Crippen LogP contribution is -2.54. The Kier molecular flexibility index (Phi) is 5.25. The molecule has 0 radical (unpaired) electrons. The molecule has 108 valence electrons. The smallest absolute Gasteiger partial charge is 0.329 e. The van der Waals surface area contributed by atoms with Gasteiger partial charge in [0.1, 0.15) is 5.54 Å². The molecule has 1 aromatic rings. The topological polar surface area (TPSA) is 95.5 Å². The van der Waals surface area contributed by atoms with E-state index in [1.807, 2.05) is 0 Å². The first-order chi connectivity index (χ1) is 9.39. The van der Waals surface area contributed by atoms with Gasteiger partial charge in [-0.1, -0.05) is 25.1 Å². The summed E-state index contributed by atoms with van der Waals surface area (Å²) in [5.41, 5.74) is -0.883. The average Bonchev–Trinajstić information content (AvgIpc) is 2.45. The van der Waals surface area contributed by atoms with E-state index in [-0.39, 0.29) is 18.9 Å². The summed E-state index contributed by atoms with van der Waals surface area (Å²) >= 11 is 0. The Hall–Kier alpha value is -2.37. The van der Waals surface area contributed by atoms with Crippen molar-refractivity contribution in [1.29, 1.82) is 0 Å². The highest BCUT2D eigenvalue weighted by Crippen LogP contribution is 2.08. The zero-order valence-corrected chi connectivity index (χ0v) is 11.5. The fourth-order valence-corrected chi connectivity index (χ4v) is 1.50. The van der Waals surface area contributed by atoms with Crippen LogP contribution in [0, 0.1) is 0 Å². The number of benzene rings is 1. The molecule has 1 rings (SSSR count). The quantitative estimate of drug-likeness (QED) is 0.716.